The largest absolute Gasteiger partial charge is 0.492 e. The lowest BCUT2D eigenvalue weighted by Crippen LogP contribution is -2.42. The van der Waals surface area contributed by atoms with Crippen LogP contribution in [0, 0.1) is 0 Å². The van der Waals surface area contributed by atoms with Crippen LogP contribution in [0.2, 0.25) is 0 Å². The molecule has 0 unspecified atom stereocenters. The molecule has 0 aliphatic carbocycles. The maximum atomic E-state index is 5.72. The summed E-state index contributed by atoms with van der Waals surface area (Å²) in [6.07, 6.45) is 2.64. The maximum Gasteiger partial charge on any atom is 0.193 e. The van der Waals surface area contributed by atoms with Crippen LogP contribution in [0.4, 0.5) is 0 Å². The molecular formula is C17H27IN6O. The van der Waals surface area contributed by atoms with Gasteiger partial charge in [-0.2, -0.15) is 0 Å². The van der Waals surface area contributed by atoms with Crippen molar-refractivity contribution in [1.29, 1.82) is 0 Å². The Kier molecular flexibility index (Phi) is 9.90. The Labute approximate surface area is 166 Å². The van der Waals surface area contributed by atoms with Gasteiger partial charge in [0.05, 0.1) is 6.54 Å². The molecule has 1 aromatic heterocycles. The van der Waals surface area contributed by atoms with Crippen molar-refractivity contribution >= 4 is 29.9 Å². The SMILES string of the molecule is CCc1nncn1CCNC(=NC)N(C)CCOc1ccccc1.I. The molecule has 0 amide bonds. The van der Waals surface area contributed by atoms with Crippen LogP contribution in [0.15, 0.2) is 41.7 Å². The van der Waals surface area contributed by atoms with Gasteiger partial charge < -0.3 is 19.5 Å². The molecule has 7 nitrogen and oxygen atoms in total. The summed E-state index contributed by atoms with van der Waals surface area (Å²) in [5, 5.41) is 11.4. The lowest BCUT2D eigenvalue weighted by atomic mass is 10.3. The van der Waals surface area contributed by atoms with Gasteiger partial charge in [-0.1, -0.05) is 25.1 Å². The molecule has 8 heteroatoms. The van der Waals surface area contributed by atoms with Crippen molar-refractivity contribution < 1.29 is 4.74 Å². The van der Waals surface area contributed by atoms with Crippen LogP contribution < -0.4 is 10.1 Å². The summed E-state index contributed by atoms with van der Waals surface area (Å²) in [4.78, 5) is 6.36. The Bertz CT molecular complexity index is 631. The first-order valence-electron chi connectivity index (χ1n) is 8.21. The van der Waals surface area contributed by atoms with Crippen LogP contribution in [-0.4, -0.2) is 59.4 Å². The Morgan fingerprint density at radius 2 is 2.08 bits per heavy atom. The van der Waals surface area contributed by atoms with E-state index in [4.69, 9.17) is 4.74 Å². The number of halogens is 1. The van der Waals surface area contributed by atoms with Crippen molar-refractivity contribution in [3.63, 3.8) is 0 Å². The smallest absolute Gasteiger partial charge is 0.193 e. The minimum Gasteiger partial charge on any atom is -0.492 e. The molecule has 0 spiro atoms. The van der Waals surface area contributed by atoms with E-state index >= 15 is 0 Å². The number of nitrogens with one attached hydrogen (secondary N) is 1. The standard InChI is InChI=1S/C17H26N6O.HI/c1-4-16-21-20-14-23(16)11-10-19-17(18-2)22(3)12-13-24-15-8-6-5-7-9-15;/h5-9,14H,4,10-13H2,1-3H3,(H,18,19);1H. The van der Waals surface area contributed by atoms with Crippen LogP contribution >= 0.6 is 24.0 Å². The number of hydrogen-bond acceptors (Lipinski definition) is 4. The highest BCUT2D eigenvalue weighted by atomic mass is 127. The van der Waals surface area contributed by atoms with E-state index in [2.05, 4.69) is 36.9 Å². The number of aromatic nitrogens is 3. The van der Waals surface area contributed by atoms with Crippen LogP contribution in [0.5, 0.6) is 5.75 Å². The molecule has 0 bridgehead atoms. The average molecular weight is 458 g/mol. The van der Waals surface area contributed by atoms with Crippen molar-refractivity contribution in [2.24, 2.45) is 4.99 Å². The predicted octanol–water partition coefficient (Wildman–Crippen LogP) is 2.04. The van der Waals surface area contributed by atoms with Gasteiger partial charge in [-0.05, 0) is 12.1 Å². The summed E-state index contributed by atoms with van der Waals surface area (Å²) in [7, 11) is 3.78. The molecule has 0 radical (unpaired) electrons. The fraction of sp³-hybridized carbons (Fsp3) is 0.471. The quantitative estimate of drug-likeness (QED) is 0.373. The lowest BCUT2D eigenvalue weighted by molar-refractivity contribution is 0.281. The van der Waals surface area contributed by atoms with Crippen LogP contribution in [0.1, 0.15) is 12.7 Å². The van der Waals surface area contributed by atoms with Crippen molar-refractivity contribution in [3.05, 3.63) is 42.5 Å². The Hall–Kier alpha value is -1.84. The number of aliphatic imine (C=N–C) groups is 1. The zero-order valence-corrected chi connectivity index (χ0v) is 17.4. The highest BCUT2D eigenvalue weighted by Gasteiger charge is 2.06. The number of guanidine groups is 1. The van der Waals surface area contributed by atoms with Crippen molar-refractivity contribution in [3.8, 4) is 5.75 Å². The van der Waals surface area contributed by atoms with Crippen molar-refractivity contribution in [2.45, 2.75) is 19.9 Å². The second-order valence-electron chi connectivity index (χ2n) is 5.35. The monoisotopic (exact) mass is 458 g/mol. The van der Waals surface area contributed by atoms with Crippen molar-refractivity contribution in [2.75, 3.05) is 33.8 Å². The lowest BCUT2D eigenvalue weighted by Gasteiger charge is -2.22. The molecule has 0 saturated carbocycles. The molecule has 1 aromatic carbocycles. The summed E-state index contributed by atoms with van der Waals surface area (Å²) in [5.41, 5.74) is 0. The van der Waals surface area contributed by atoms with E-state index in [1.165, 1.54) is 0 Å². The molecule has 0 aliphatic rings. The third kappa shape index (κ3) is 6.89. The van der Waals surface area contributed by atoms with E-state index in [0.29, 0.717) is 6.61 Å². The molecule has 138 valence electrons. The first kappa shape index (κ1) is 21.2. The van der Waals surface area contributed by atoms with Gasteiger partial charge in [0.1, 0.15) is 24.5 Å². The predicted molar refractivity (Wildman–Crippen MR) is 111 cm³/mol. The summed E-state index contributed by atoms with van der Waals surface area (Å²) in [5.74, 6) is 2.72. The van der Waals surface area contributed by atoms with Gasteiger partial charge in [0.25, 0.3) is 0 Å². The highest BCUT2D eigenvalue weighted by Crippen LogP contribution is 2.07. The Morgan fingerprint density at radius 1 is 1.32 bits per heavy atom. The second kappa shape index (κ2) is 11.7. The van der Waals surface area contributed by atoms with Crippen molar-refractivity contribution in [1.82, 2.24) is 25.0 Å². The molecule has 2 aromatic rings. The summed E-state index contributed by atoms with van der Waals surface area (Å²) in [6.45, 7) is 5.01. The molecule has 25 heavy (non-hydrogen) atoms. The maximum absolute atomic E-state index is 5.72. The minimum atomic E-state index is 0. The van der Waals surface area contributed by atoms with E-state index in [1.807, 2.05) is 37.4 Å². The second-order valence-corrected chi connectivity index (χ2v) is 5.35. The van der Waals surface area contributed by atoms with E-state index in [1.54, 1.807) is 13.4 Å². The molecule has 2 rings (SSSR count). The Balaban J connectivity index is 0.00000312. The molecule has 1 heterocycles. The summed E-state index contributed by atoms with van der Waals surface area (Å²) >= 11 is 0. The minimum absolute atomic E-state index is 0. The van der Waals surface area contributed by atoms with Gasteiger partial charge in [0, 0.05) is 33.6 Å². The number of likely N-dealkylation sites (N-methyl/N-ethyl adjacent to an activating group) is 1. The zero-order chi connectivity index (χ0) is 17.2. The third-order valence-electron chi connectivity index (χ3n) is 3.66. The number of para-hydroxylation sites is 1. The van der Waals surface area contributed by atoms with Crippen LogP contribution in [0.3, 0.4) is 0 Å². The number of ether oxygens (including phenoxy) is 1. The first-order valence-corrected chi connectivity index (χ1v) is 8.21. The highest BCUT2D eigenvalue weighted by molar-refractivity contribution is 14.0. The van der Waals surface area contributed by atoms with Gasteiger partial charge in [0.15, 0.2) is 5.96 Å². The summed E-state index contributed by atoms with van der Waals surface area (Å²) < 4.78 is 7.77. The van der Waals surface area contributed by atoms with E-state index in [9.17, 15) is 0 Å². The van der Waals surface area contributed by atoms with E-state index < -0.39 is 0 Å². The number of benzene rings is 1. The Morgan fingerprint density at radius 3 is 2.76 bits per heavy atom. The topological polar surface area (TPSA) is 67.6 Å². The summed E-state index contributed by atoms with van der Waals surface area (Å²) in [6, 6.07) is 9.82. The third-order valence-corrected chi connectivity index (χ3v) is 3.66. The van der Waals surface area contributed by atoms with Crippen LogP contribution in [0.25, 0.3) is 0 Å². The van der Waals surface area contributed by atoms with Gasteiger partial charge in [-0.15, -0.1) is 34.2 Å². The number of rotatable bonds is 8. The van der Waals surface area contributed by atoms with Gasteiger partial charge in [-0.25, -0.2) is 0 Å². The van der Waals surface area contributed by atoms with Gasteiger partial charge >= 0.3 is 0 Å². The number of nitrogens with zero attached hydrogens (tertiary/aromatic N) is 5. The van der Waals surface area contributed by atoms with E-state index in [-0.39, 0.29) is 24.0 Å². The van der Waals surface area contributed by atoms with E-state index in [0.717, 1.165) is 43.6 Å². The van der Waals surface area contributed by atoms with Gasteiger partial charge in [0.2, 0.25) is 0 Å². The van der Waals surface area contributed by atoms with Crippen LogP contribution in [-0.2, 0) is 13.0 Å². The molecular weight excluding hydrogens is 431 g/mol. The number of hydrogen-bond donors (Lipinski definition) is 1. The fourth-order valence-corrected chi connectivity index (χ4v) is 2.34. The first-order chi connectivity index (χ1) is 11.7. The number of aryl methyl sites for hydroxylation is 1. The fourth-order valence-electron chi connectivity index (χ4n) is 2.34. The molecule has 0 saturated heterocycles. The average Bonchev–Trinajstić information content (AvgIpc) is 3.07. The normalized spacial score (nSPS) is 10.9. The zero-order valence-electron chi connectivity index (χ0n) is 15.1. The van der Waals surface area contributed by atoms with Gasteiger partial charge in [-0.3, -0.25) is 4.99 Å². The molecule has 0 fully saturated rings. The molecule has 0 atom stereocenters. The molecule has 1 N–H and O–H groups in total. The molecule has 0 aliphatic heterocycles.